The third-order valence-electron chi connectivity index (χ3n) is 3.84. The highest BCUT2D eigenvalue weighted by Crippen LogP contribution is 2.38. The van der Waals surface area contributed by atoms with Crippen molar-refractivity contribution in [1.82, 2.24) is 0 Å². The summed E-state index contributed by atoms with van der Waals surface area (Å²) in [6, 6.07) is 7.03. The van der Waals surface area contributed by atoms with E-state index in [0.29, 0.717) is 22.6 Å². The van der Waals surface area contributed by atoms with Gasteiger partial charge in [-0.2, -0.15) is 0 Å². The highest BCUT2D eigenvalue weighted by atomic mass is 79.9. The van der Waals surface area contributed by atoms with Gasteiger partial charge in [-0.15, -0.1) is 0 Å². The van der Waals surface area contributed by atoms with Crippen LogP contribution in [-0.2, 0) is 0 Å². The van der Waals surface area contributed by atoms with Gasteiger partial charge < -0.3 is 0 Å². The van der Waals surface area contributed by atoms with Gasteiger partial charge in [0.1, 0.15) is 0 Å². The maximum Gasteiger partial charge on any atom is 0.0423 e. The molecule has 0 saturated heterocycles. The predicted molar refractivity (Wildman–Crippen MR) is 85.7 cm³/mol. The van der Waals surface area contributed by atoms with Crippen molar-refractivity contribution in [3.8, 4) is 0 Å². The molecule has 2 atom stereocenters. The van der Waals surface area contributed by atoms with Crippen LogP contribution in [0.25, 0.3) is 0 Å². The number of hydrogen-bond acceptors (Lipinski definition) is 0. The second kappa shape index (κ2) is 6.75. The van der Waals surface area contributed by atoms with Crippen molar-refractivity contribution < 1.29 is 0 Å². The quantitative estimate of drug-likeness (QED) is 0.551. The third-order valence-corrected chi connectivity index (χ3v) is 5.24. The molecular weight excluding hydrogens is 284 g/mol. The number of halogens is 1. The Hall–Kier alpha value is -0.300. The minimum Gasteiger partial charge on any atom is -0.0836 e. The van der Waals surface area contributed by atoms with E-state index in [1.165, 1.54) is 23.1 Å². The Morgan fingerprint density at radius 2 is 1.56 bits per heavy atom. The zero-order valence-corrected chi connectivity index (χ0v) is 14.2. The molecule has 0 N–H and O–H groups in total. The first-order chi connectivity index (χ1) is 8.38. The molecule has 0 fully saturated rings. The zero-order chi connectivity index (χ0) is 13.9. The van der Waals surface area contributed by atoms with Crippen LogP contribution in [0.3, 0.4) is 0 Å². The van der Waals surface area contributed by atoms with E-state index in [2.05, 4.69) is 75.7 Å². The van der Waals surface area contributed by atoms with Crippen molar-refractivity contribution in [2.24, 2.45) is 5.92 Å². The van der Waals surface area contributed by atoms with Crippen LogP contribution < -0.4 is 0 Å². The van der Waals surface area contributed by atoms with Crippen LogP contribution in [0.5, 0.6) is 0 Å². The van der Waals surface area contributed by atoms with Gasteiger partial charge in [0.25, 0.3) is 0 Å². The summed E-state index contributed by atoms with van der Waals surface area (Å²) in [6.07, 6.45) is 1.21. The van der Waals surface area contributed by atoms with Crippen LogP contribution in [0, 0.1) is 5.92 Å². The fraction of sp³-hybridized carbons (Fsp3) is 0.647. The molecule has 1 aromatic rings. The Kier molecular flexibility index (Phi) is 5.91. The van der Waals surface area contributed by atoms with E-state index in [9.17, 15) is 0 Å². The highest BCUT2D eigenvalue weighted by molar-refractivity contribution is 9.09. The van der Waals surface area contributed by atoms with E-state index in [4.69, 9.17) is 0 Å². The lowest BCUT2D eigenvalue weighted by Crippen LogP contribution is -2.07. The van der Waals surface area contributed by atoms with Gasteiger partial charge in [-0.05, 0) is 34.4 Å². The largest absolute Gasteiger partial charge is 0.0836 e. The normalized spacial score (nSPS) is 15.2. The summed E-state index contributed by atoms with van der Waals surface area (Å²) in [5.74, 6) is 1.86. The smallest absolute Gasteiger partial charge is 0.0423 e. The van der Waals surface area contributed by atoms with Gasteiger partial charge in [-0.25, -0.2) is 0 Å². The van der Waals surface area contributed by atoms with E-state index in [0.717, 1.165) is 0 Å². The lowest BCUT2D eigenvalue weighted by molar-refractivity contribution is 0.551. The molecule has 0 amide bonds. The van der Waals surface area contributed by atoms with Gasteiger partial charge in [-0.1, -0.05) is 82.1 Å². The van der Waals surface area contributed by atoms with E-state index in [1.54, 1.807) is 0 Å². The topological polar surface area (TPSA) is 0 Å². The average molecular weight is 311 g/mol. The second-order valence-electron chi connectivity index (χ2n) is 5.99. The second-order valence-corrected chi connectivity index (χ2v) is 6.97. The fourth-order valence-electron chi connectivity index (χ4n) is 2.22. The van der Waals surface area contributed by atoms with Crippen LogP contribution in [0.15, 0.2) is 18.2 Å². The third kappa shape index (κ3) is 3.60. The van der Waals surface area contributed by atoms with E-state index < -0.39 is 0 Å². The minimum absolute atomic E-state index is 0.473. The Bertz CT molecular complexity index is 379. The van der Waals surface area contributed by atoms with Crippen molar-refractivity contribution in [3.63, 3.8) is 0 Å². The maximum atomic E-state index is 3.89. The van der Waals surface area contributed by atoms with Gasteiger partial charge >= 0.3 is 0 Å². The number of hydrogen-bond donors (Lipinski definition) is 0. The monoisotopic (exact) mass is 310 g/mol. The molecule has 0 heterocycles. The molecule has 0 spiro atoms. The van der Waals surface area contributed by atoms with Crippen molar-refractivity contribution in [3.05, 3.63) is 34.9 Å². The molecule has 0 aliphatic rings. The Labute approximate surface area is 121 Å². The predicted octanol–water partition coefficient (Wildman–Crippen LogP) is 6.42. The first-order valence-electron chi connectivity index (χ1n) is 7.16. The lowest BCUT2D eigenvalue weighted by atomic mass is 9.87. The average Bonchev–Trinajstić information content (AvgIpc) is 2.35. The van der Waals surface area contributed by atoms with E-state index in [1.807, 2.05) is 0 Å². The fourth-order valence-corrected chi connectivity index (χ4v) is 3.01. The summed E-state index contributed by atoms with van der Waals surface area (Å²) >= 11 is 3.89. The number of rotatable bonds is 5. The first-order valence-corrected chi connectivity index (χ1v) is 8.07. The molecule has 102 valence electrons. The molecule has 2 unspecified atom stereocenters. The van der Waals surface area contributed by atoms with Gasteiger partial charge in [0.15, 0.2) is 0 Å². The van der Waals surface area contributed by atoms with Crippen LogP contribution in [0.4, 0.5) is 0 Å². The van der Waals surface area contributed by atoms with E-state index >= 15 is 0 Å². The zero-order valence-electron chi connectivity index (χ0n) is 12.6. The molecule has 0 nitrogen and oxygen atoms in total. The Morgan fingerprint density at radius 1 is 0.944 bits per heavy atom. The molecule has 1 heteroatoms. The van der Waals surface area contributed by atoms with Gasteiger partial charge in [0.05, 0.1) is 0 Å². The summed E-state index contributed by atoms with van der Waals surface area (Å²) in [4.78, 5) is 0.473. The summed E-state index contributed by atoms with van der Waals surface area (Å²) < 4.78 is 0. The van der Waals surface area contributed by atoms with Crippen molar-refractivity contribution in [2.45, 2.75) is 64.6 Å². The molecule has 0 saturated carbocycles. The Balaban J connectivity index is 3.19. The molecular formula is C17H27Br. The minimum atomic E-state index is 0.473. The summed E-state index contributed by atoms with van der Waals surface area (Å²) in [6.45, 7) is 13.7. The molecule has 0 aromatic heterocycles. The van der Waals surface area contributed by atoms with Gasteiger partial charge in [0.2, 0.25) is 0 Å². The lowest BCUT2D eigenvalue weighted by Gasteiger charge is -2.23. The molecule has 0 aliphatic heterocycles. The first kappa shape index (κ1) is 15.8. The molecule has 0 bridgehead atoms. The van der Waals surface area contributed by atoms with Crippen LogP contribution >= 0.6 is 15.9 Å². The number of alkyl halides is 1. The SMILES string of the molecule is CCC(C)C(Br)c1ccc(C(C)C)cc1C(C)C. The van der Waals surface area contributed by atoms with Crippen LogP contribution in [-0.4, -0.2) is 0 Å². The van der Waals surface area contributed by atoms with Crippen LogP contribution in [0.2, 0.25) is 0 Å². The summed E-state index contributed by atoms with van der Waals surface area (Å²) in [7, 11) is 0. The van der Waals surface area contributed by atoms with E-state index in [-0.39, 0.29) is 0 Å². The summed E-state index contributed by atoms with van der Waals surface area (Å²) in [5.41, 5.74) is 4.43. The molecule has 0 aliphatic carbocycles. The highest BCUT2D eigenvalue weighted by Gasteiger charge is 2.19. The van der Waals surface area contributed by atoms with Crippen LogP contribution in [0.1, 0.15) is 81.3 Å². The maximum absolute atomic E-state index is 3.89. The van der Waals surface area contributed by atoms with Crippen molar-refractivity contribution in [1.29, 1.82) is 0 Å². The molecule has 1 rings (SSSR count). The summed E-state index contributed by atoms with van der Waals surface area (Å²) in [5, 5.41) is 0. The molecule has 0 radical (unpaired) electrons. The van der Waals surface area contributed by atoms with Gasteiger partial charge in [0, 0.05) is 4.83 Å². The Morgan fingerprint density at radius 3 is 2.00 bits per heavy atom. The standard InChI is InChI=1S/C17H27Br/c1-7-13(6)17(18)15-9-8-14(11(2)3)10-16(15)12(4)5/h8-13,17H,7H2,1-6H3. The van der Waals surface area contributed by atoms with Gasteiger partial charge in [-0.3, -0.25) is 0 Å². The van der Waals surface area contributed by atoms with Crippen molar-refractivity contribution >= 4 is 15.9 Å². The molecule has 1 aromatic carbocycles. The molecule has 18 heavy (non-hydrogen) atoms. The number of benzene rings is 1. The van der Waals surface area contributed by atoms with Crippen molar-refractivity contribution in [2.75, 3.05) is 0 Å².